The minimum Gasteiger partial charge on any atom is -0.331 e. The normalized spacial score (nSPS) is 13.3. The number of imidazole rings is 1. The Balaban J connectivity index is 1.64. The van der Waals surface area contributed by atoms with Crippen molar-refractivity contribution in [3.63, 3.8) is 0 Å². The Morgan fingerprint density at radius 1 is 1.25 bits per heavy atom. The first kappa shape index (κ1) is 17.9. The highest BCUT2D eigenvalue weighted by Crippen LogP contribution is 2.31. The first-order valence-corrected chi connectivity index (χ1v) is 9.16. The lowest BCUT2D eigenvalue weighted by atomic mass is 10.1. The minimum atomic E-state index is -0.465. The molecule has 1 heterocycles. The van der Waals surface area contributed by atoms with E-state index in [0.717, 1.165) is 18.4 Å². The summed E-state index contributed by atoms with van der Waals surface area (Å²) in [7, 11) is 0. The average Bonchev–Trinajstić information content (AvgIpc) is 3.39. The maximum absolute atomic E-state index is 13.2. The van der Waals surface area contributed by atoms with Crippen molar-refractivity contribution in [3.05, 3.63) is 88.0 Å². The molecule has 3 aromatic rings. The molecule has 1 aliphatic carbocycles. The lowest BCUT2D eigenvalue weighted by molar-refractivity contribution is -0.384. The van der Waals surface area contributed by atoms with Gasteiger partial charge < -0.3 is 9.47 Å². The molecule has 2 aromatic carbocycles. The minimum absolute atomic E-state index is 0.116. The molecular formula is C21H20N4O3. The van der Waals surface area contributed by atoms with Crippen molar-refractivity contribution in [3.8, 4) is 5.69 Å². The van der Waals surface area contributed by atoms with Gasteiger partial charge in [-0.2, -0.15) is 0 Å². The summed E-state index contributed by atoms with van der Waals surface area (Å²) in [5.41, 5.74) is 2.81. The number of amides is 1. The fraction of sp³-hybridized carbons (Fsp3) is 0.238. The van der Waals surface area contributed by atoms with Crippen LogP contribution in [0, 0.1) is 17.0 Å². The number of nitro groups is 1. The van der Waals surface area contributed by atoms with Crippen molar-refractivity contribution in [2.45, 2.75) is 32.4 Å². The summed E-state index contributed by atoms with van der Waals surface area (Å²) in [6.07, 6.45) is 6.62. The molecule has 0 radical (unpaired) electrons. The van der Waals surface area contributed by atoms with Crippen LogP contribution < -0.4 is 0 Å². The van der Waals surface area contributed by atoms with Crippen LogP contribution in [0.4, 0.5) is 5.69 Å². The van der Waals surface area contributed by atoms with Gasteiger partial charge in [-0.25, -0.2) is 4.98 Å². The number of aryl methyl sites for hydroxylation is 1. The molecule has 142 valence electrons. The molecule has 1 aromatic heterocycles. The number of rotatable bonds is 6. The number of aromatic nitrogens is 2. The lowest BCUT2D eigenvalue weighted by Gasteiger charge is -2.23. The quantitative estimate of drug-likeness (QED) is 0.483. The largest absolute Gasteiger partial charge is 0.331 e. The molecule has 7 nitrogen and oxygen atoms in total. The Hall–Kier alpha value is -3.48. The van der Waals surface area contributed by atoms with Crippen LogP contribution in [0.25, 0.3) is 5.69 Å². The van der Waals surface area contributed by atoms with E-state index in [1.54, 1.807) is 29.1 Å². The average molecular weight is 376 g/mol. The highest BCUT2D eigenvalue weighted by atomic mass is 16.6. The number of carbonyl (C=O) groups excluding carboxylic acids is 1. The molecule has 0 bridgehead atoms. The molecule has 1 aliphatic rings. The third-order valence-corrected chi connectivity index (χ3v) is 4.92. The van der Waals surface area contributed by atoms with E-state index in [4.69, 9.17) is 0 Å². The monoisotopic (exact) mass is 376 g/mol. The van der Waals surface area contributed by atoms with Crippen LogP contribution in [0.1, 0.15) is 34.3 Å². The standard InChI is InChI=1S/C21H20N4O3/c1-15-2-4-16(5-3-15)13-24(18-7-8-18)21(26)17-6-9-19(20(12-17)25(27)28)23-11-10-22-14-23/h2-6,9-12,14,18H,7-8,13H2,1H3. The zero-order valence-electron chi connectivity index (χ0n) is 15.5. The molecular weight excluding hydrogens is 356 g/mol. The van der Waals surface area contributed by atoms with Gasteiger partial charge in [0.1, 0.15) is 5.69 Å². The molecule has 0 spiro atoms. The third kappa shape index (κ3) is 3.64. The summed E-state index contributed by atoms with van der Waals surface area (Å²) >= 11 is 0. The van der Waals surface area contributed by atoms with Crippen LogP contribution in [-0.4, -0.2) is 31.3 Å². The van der Waals surface area contributed by atoms with Crippen LogP contribution >= 0.6 is 0 Å². The molecule has 1 fully saturated rings. The van der Waals surface area contributed by atoms with Gasteiger partial charge in [0.15, 0.2) is 0 Å². The Morgan fingerprint density at radius 2 is 2.00 bits per heavy atom. The fourth-order valence-electron chi connectivity index (χ4n) is 3.23. The third-order valence-electron chi connectivity index (χ3n) is 4.92. The van der Waals surface area contributed by atoms with Crippen molar-refractivity contribution in [1.82, 2.24) is 14.5 Å². The van der Waals surface area contributed by atoms with Crippen molar-refractivity contribution in [1.29, 1.82) is 0 Å². The van der Waals surface area contributed by atoms with E-state index in [2.05, 4.69) is 4.98 Å². The Bertz CT molecular complexity index is 1010. The van der Waals surface area contributed by atoms with Crippen molar-refractivity contribution >= 4 is 11.6 Å². The summed E-state index contributed by atoms with van der Waals surface area (Å²) < 4.78 is 1.57. The van der Waals surface area contributed by atoms with E-state index in [-0.39, 0.29) is 17.6 Å². The molecule has 0 unspecified atom stereocenters. The van der Waals surface area contributed by atoms with Gasteiger partial charge in [0.05, 0.1) is 11.3 Å². The topological polar surface area (TPSA) is 81.3 Å². The molecule has 28 heavy (non-hydrogen) atoms. The number of nitro benzene ring substituents is 1. The molecule has 0 N–H and O–H groups in total. The van der Waals surface area contributed by atoms with Crippen LogP contribution in [0.2, 0.25) is 0 Å². The summed E-state index contributed by atoms with van der Waals surface area (Å²) in [6.45, 7) is 2.52. The van der Waals surface area contributed by atoms with E-state index in [1.165, 1.54) is 18.0 Å². The molecule has 4 rings (SSSR count). The van der Waals surface area contributed by atoms with E-state index < -0.39 is 4.92 Å². The zero-order chi connectivity index (χ0) is 19.7. The van der Waals surface area contributed by atoms with Gasteiger partial charge in [0.25, 0.3) is 11.6 Å². The predicted molar refractivity (Wildman–Crippen MR) is 104 cm³/mol. The highest BCUT2D eigenvalue weighted by molar-refractivity contribution is 5.95. The summed E-state index contributed by atoms with van der Waals surface area (Å²) in [5, 5.41) is 11.6. The van der Waals surface area contributed by atoms with Gasteiger partial charge in [0, 0.05) is 36.6 Å². The van der Waals surface area contributed by atoms with E-state index in [1.807, 2.05) is 36.1 Å². The Kier molecular flexibility index (Phi) is 4.65. The number of nitrogens with zero attached hydrogens (tertiary/aromatic N) is 4. The Morgan fingerprint density at radius 3 is 2.61 bits per heavy atom. The van der Waals surface area contributed by atoms with Crippen LogP contribution in [0.15, 0.2) is 61.2 Å². The molecule has 1 saturated carbocycles. The van der Waals surface area contributed by atoms with Crippen molar-refractivity contribution < 1.29 is 9.72 Å². The number of hydrogen-bond donors (Lipinski definition) is 0. The van der Waals surface area contributed by atoms with Gasteiger partial charge in [-0.15, -0.1) is 0 Å². The van der Waals surface area contributed by atoms with Crippen molar-refractivity contribution in [2.24, 2.45) is 0 Å². The second-order valence-electron chi connectivity index (χ2n) is 7.08. The first-order valence-electron chi connectivity index (χ1n) is 9.16. The summed E-state index contributed by atoms with van der Waals surface area (Å²) in [4.78, 5) is 30.0. The predicted octanol–water partition coefficient (Wildman–Crippen LogP) is 3.89. The summed E-state index contributed by atoms with van der Waals surface area (Å²) in [5.74, 6) is -0.177. The zero-order valence-corrected chi connectivity index (χ0v) is 15.5. The smallest absolute Gasteiger partial charge is 0.294 e. The van der Waals surface area contributed by atoms with Gasteiger partial charge in [-0.05, 0) is 37.5 Å². The Labute approximate surface area is 162 Å². The second-order valence-corrected chi connectivity index (χ2v) is 7.08. The van der Waals surface area contributed by atoms with Gasteiger partial charge in [-0.3, -0.25) is 14.9 Å². The lowest BCUT2D eigenvalue weighted by Crippen LogP contribution is -2.32. The fourth-order valence-corrected chi connectivity index (χ4v) is 3.23. The molecule has 7 heteroatoms. The molecule has 0 saturated heterocycles. The van der Waals surface area contributed by atoms with Crippen LogP contribution in [-0.2, 0) is 6.54 Å². The van der Waals surface area contributed by atoms with E-state index in [0.29, 0.717) is 17.8 Å². The van der Waals surface area contributed by atoms with E-state index in [9.17, 15) is 14.9 Å². The maximum Gasteiger partial charge on any atom is 0.294 e. The van der Waals surface area contributed by atoms with Gasteiger partial charge in [0.2, 0.25) is 0 Å². The second kappa shape index (κ2) is 7.26. The molecule has 0 aliphatic heterocycles. The van der Waals surface area contributed by atoms with Crippen LogP contribution in [0.5, 0.6) is 0 Å². The molecule has 1 amide bonds. The maximum atomic E-state index is 13.2. The SMILES string of the molecule is Cc1ccc(CN(C(=O)c2ccc(-n3ccnc3)c([N+](=O)[O-])c2)C2CC2)cc1. The van der Waals surface area contributed by atoms with Gasteiger partial charge >= 0.3 is 0 Å². The summed E-state index contributed by atoms with van der Waals surface area (Å²) in [6, 6.07) is 12.9. The number of carbonyl (C=O) groups is 1. The first-order chi connectivity index (χ1) is 13.5. The number of benzene rings is 2. The van der Waals surface area contributed by atoms with Crippen molar-refractivity contribution in [2.75, 3.05) is 0 Å². The van der Waals surface area contributed by atoms with E-state index >= 15 is 0 Å². The number of hydrogen-bond acceptors (Lipinski definition) is 4. The molecule has 0 atom stereocenters. The van der Waals surface area contributed by atoms with Crippen LogP contribution in [0.3, 0.4) is 0 Å². The van der Waals surface area contributed by atoms with Gasteiger partial charge in [-0.1, -0.05) is 29.8 Å². The highest BCUT2D eigenvalue weighted by Gasteiger charge is 2.33.